The zero-order chi connectivity index (χ0) is 18.7. The van der Waals surface area contributed by atoms with Crippen molar-refractivity contribution in [1.29, 1.82) is 0 Å². The maximum Gasteiger partial charge on any atom is 0.408 e. The van der Waals surface area contributed by atoms with Gasteiger partial charge in [-0.1, -0.05) is 50.1 Å². The third-order valence-electron chi connectivity index (χ3n) is 3.51. The van der Waals surface area contributed by atoms with Crippen LogP contribution in [0, 0.1) is 0 Å². The van der Waals surface area contributed by atoms with E-state index < -0.39 is 36.6 Å². The van der Waals surface area contributed by atoms with Crippen LogP contribution in [0.2, 0.25) is 0 Å². The molecule has 0 aromatic heterocycles. The van der Waals surface area contributed by atoms with Crippen LogP contribution in [0.4, 0.5) is 4.79 Å². The first-order chi connectivity index (χ1) is 12.0. The highest BCUT2D eigenvalue weighted by Crippen LogP contribution is 2.02. The molecule has 0 aliphatic rings. The van der Waals surface area contributed by atoms with Crippen LogP contribution in [0.5, 0.6) is 0 Å². The summed E-state index contributed by atoms with van der Waals surface area (Å²) in [4.78, 5) is 35.2. The fraction of sp³-hybridized carbons (Fsp3) is 0.471. The number of rotatable bonds is 10. The predicted molar refractivity (Wildman–Crippen MR) is 91.3 cm³/mol. The molecule has 0 aliphatic heterocycles. The Bertz CT molecular complexity index is 565. The number of alkyl carbamates (subject to hydrolysis) is 1. The van der Waals surface area contributed by atoms with Crippen molar-refractivity contribution < 1.29 is 24.2 Å². The summed E-state index contributed by atoms with van der Waals surface area (Å²) in [5.41, 5.74) is 6.04. The van der Waals surface area contributed by atoms with E-state index in [9.17, 15) is 19.5 Å². The number of carbonyl (C=O) groups excluding carboxylic acids is 3. The van der Waals surface area contributed by atoms with E-state index in [1.54, 1.807) is 24.3 Å². The minimum Gasteiger partial charge on any atom is -0.445 e. The molecule has 5 N–H and O–H groups in total. The van der Waals surface area contributed by atoms with E-state index in [1.165, 1.54) is 0 Å². The smallest absolute Gasteiger partial charge is 0.408 e. The zero-order valence-electron chi connectivity index (χ0n) is 14.2. The number of carbonyl (C=O) groups is 3. The molecule has 2 atom stereocenters. The molecule has 0 fully saturated rings. The summed E-state index contributed by atoms with van der Waals surface area (Å²) in [6.07, 6.45) is 1.10. The second-order valence-corrected chi connectivity index (χ2v) is 5.55. The highest BCUT2D eigenvalue weighted by Gasteiger charge is 2.25. The van der Waals surface area contributed by atoms with Crippen molar-refractivity contribution in [3.63, 3.8) is 0 Å². The molecule has 8 heteroatoms. The van der Waals surface area contributed by atoms with E-state index in [1.807, 2.05) is 13.0 Å². The molecule has 0 heterocycles. The molecule has 1 aromatic carbocycles. The number of benzene rings is 1. The molecule has 138 valence electrons. The van der Waals surface area contributed by atoms with Crippen LogP contribution >= 0.6 is 0 Å². The molecule has 0 radical (unpaired) electrons. The minimum absolute atomic E-state index is 0.0346. The topological polar surface area (TPSA) is 131 Å². The number of hydrogen-bond donors (Lipinski definition) is 4. The molecule has 8 nitrogen and oxygen atoms in total. The zero-order valence-corrected chi connectivity index (χ0v) is 14.2. The van der Waals surface area contributed by atoms with Crippen molar-refractivity contribution in [1.82, 2.24) is 10.6 Å². The highest BCUT2D eigenvalue weighted by atomic mass is 16.5. The van der Waals surface area contributed by atoms with Gasteiger partial charge in [-0.15, -0.1) is 0 Å². The molecule has 1 rings (SSSR count). The number of primary amides is 1. The molecule has 0 unspecified atom stereocenters. The second-order valence-electron chi connectivity index (χ2n) is 5.55. The summed E-state index contributed by atoms with van der Waals surface area (Å²) in [6.45, 7) is 1.35. The fourth-order valence-corrected chi connectivity index (χ4v) is 2.07. The Kier molecular flexibility index (Phi) is 9.02. The van der Waals surface area contributed by atoms with Gasteiger partial charge >= 0.3 is 6.09 Å². The Morgan fingerprint density at radius 1 is 1.16 bits per heavy atom. The lowest BCUT2D eigenvalue weighted by atomic mass is 10.1. The summed E-state index contributed by atoms with van der Waals surface area (Å²) in [5, 5.41) is 14.0. The molecule has 0 spiro atoms. The Balaban J connectivity index is 2.51. The Hall–Kier alpha value is -2.61. The van der Waals surface area contributed by atoms with E-state index in [0.29, 0.717) is 12.8 Å². The standard InChI is InChI=1S/C17H25N3O5/c1-2-3-9-13(15(18)22)19-16(23)14(10-21)20-17(24)25-11-12-7-5-4-6-8-12/h4-8,13-14,21H,2-3,9-11H2,1H3,(H2,18,22)(H,19,23)(H,20,24)/t13-,14+/m1/s1. The van der Waals surface area contributed by atoms with Gasteiger partial charge < -0.3 is 26.2 Å². The first kappa shape index (κ1) is 20.4. The normalized spacial score (nSPS) is 12.7. The van der Waals surface area contributed by atoms with Gasteiger partial charge in [-0.25, -0.2) is 4.79 Å². The van der Waals surface area contributed by atoms with Crippen molar-refractivity contribution in [2.24, 2.45) is 5.73 Å². The van der Waals surface area contributed by atoms with Crippen molar-refractivity contribution in [2.45, 2.75) is 44.9 Å². The number of amides is 3. The molecular formula is C17H25N3O5. The Morgan fingerprint density at radius 2 is 1.84 bits per heavy atom. The van der Waals surface area contributed by atoms with Crippen molar-refractivity contribution in [2.75, 3.05) is 6.61 Å². The molecule has 0 aliphatic carbocycles. The number of aliphatic hydroxyl groups excluding tert-OH is 1. The van der Waals surface area contributed by atoms with Crippen LogP contribution < -0.4 is 16.4 Å². The van der Waals surface area contributed by atoms with Crippen LogP contribution in [0.15, 0.2) is 30.3 Å². The van der Waals surface area contributed by atoms with Gasteiger partial charge in [-0.05, 0) is 12.0 Å². The van der Waals surface area contributed by atoms with Gasteiger partial charge in [0.2, 0.25) is 11.8 Å². The number of aliphatic hydroxyl groups is 1. The van der Waals surface area contributed by atoms with Crippen LogP contribution in [-0.2, 0) is 20.9 Å². The molecule has 0 saturated heterocycles. The average molecular weight is 351 g/mol. The number of ether oxygens (including phenoxy) is 1. The SMILES string of the molecule is CCCC[C@@H](NC(=O)[C@H](CO)NC(=O)OCc1ccccc1)C(N)=O. The third kappa shape index (κ3) is 7.67. The Morgan fingerprint density at radius 3 is 2.40 bits per heavy atom. The van der Waals surface area contributed by atoms with Gasteiger partial charge in [0, 0.05) is 0 Å². The predicted octanol–water partition coefficient (Wildman–Crippen LogP) is 0.434. The summed E-state index contributed by atoms with van der Waals surface area (Å²) >= 11 is 0. The fourth-order valence-electron chi connectivity index (χ4n) is 2.07. The quantitative estimate of drug-likeness (QED) is 0.486. The molecule has 0 bridgehead atoms. The summed E-state index contributed by atoms with van der Waals surface area (Å²) in [7, 11) is 0. The van der Waals surface area contributed by atoms with Gasteiger partial charge in [0.25, 0.3) is 0 Å². The number of unbranched alkanes of at least 4 members (excludes halogenated alkanes) is 1. The summed E-state index contributed by atoms with van der Waals surface area (Å²) in [6, 6.07) is 6.95. The van der Waals surface area contributed by atoms with Crippen molar-refractivity contribution in [3.05, 3.63) is 35.9 Å². The molecule has 0 saturated carbocycles. The van der Waals surface area contributed by atoms with Crippen molar-refractivity contribution >= 4 is 17.9 Å². The minimum atomic E-state index is -1.23. The van der Waals surface area contributed by atoms with Crippen LogP contribution in [0.3, 0.4) is 0 Å². The van der Waals surface area contributed by atoms with Crippen LogP contribution in [-0.4, -0.2) is 41.7 Å². The van der Waals surface area contributed by atoms with Crippen LogP contribution in [0.25, 0.3) is 0 Å². The van der Waals surface area contributed by atoms with E-state index in [4.69, 9.17) is 10.5 Å². The number of hydrogen-bond acceptors (Lipinski definition) is 5. The van der Waals surface area contributed by atoms with E-state index >= 15 is 0 Å². The highest BCUT2D eigenvalue weighted by molar-refractivity contribution is 5.90. The van der Waals surface area contributed by atoms with E-state index in [-0.39, 0.29) is 6.61 Å². The number of nitrogens with one attached hydrogen (secondary N) is 2. The molecule has 25 heavy (non-hydrogen) atoms. The maximum absolute atomic E-state index is 12.1. The van der Waals surface area contributed by atoms with Crippen LogP contribution in [0.1, 0.15) is 31.7 Å². The lowest BCUT2D eigenvalue weighted by molar-refractivity contribution is -0.129. The average Bonchev–Trinajstić information content (AvgIpc) is 2.61. The summed E-state index contributed by atoms with van der Waals surface area (Å²) < 4.78 is 5.00. The molecular weight excluding hydrogens is 326 g/mol. The maximum atomic E-state index is 12.1. The third-order valence-corrected chi connectivity index (χ3v) is 3.51. The van der Waals surface area contributed by atoms with Gasteiger partial charge in [0.05, 0.1) is 6.61 Å². The van der Waals surface area contributed by atoms with E-state index in [2.05, 4.69) is 10.6 Å². The molecule has 1 aromatic rings. The van der Waals surface area contributed by atoms with E-state index in [0.717, 1.165) is 12.0 Å². The lowest BCUT2D eigenvalue weighted by Gasteiger charge is -2.20. The number of nitrogens with two attached hydrogens (primary N) is 1. The van der Waals surface area contributed by atoms with Crippen molar-refractivity contribution in [3.8, 4) is 0 Å². The van der Waals surface area contributed by atoms with Gasteiger partial charge in [0.15, 0.2) is 0 Å². The largest absolute Gasteiger partial charge is 0.445 e. The second kappa shape index (κ2) is 11.0. The van der Waals surface area contributed by atoms with Gasteiger partial charge in [0.1, 0.15) is 18.7 Å². The first-order valence-electron chi connectivity index (χ1n) is 8.15. The van der Waals surface area contributed by atoms with Gasteiger partial charge in [-0.2, -0.15) is 0 Å². The lowest BCUT2D eigenvalue weighted by Crippen LogP contribution is -2.54. The Labute approximate surface area is 146 Å². The summed E-state index contributed by atoms with van der Waals surface area (Å²) in [5.74, 6) is -1.36. The van der Waals surface area contributed by atoms with Gasteiger partial charge in [-0.3, -0.25) is 9.59 Å². The monoisotopic (exact) mass is 351 g/mol. The molecule has 3 amide bonds. The first-order valence-corrected chi connectivity index (χ1v) is 8.15.